The van der Waals surface area contributed by atoms with Gasteiger partial charge in [0.25, 0.3) is 0 Å². The van der Waals surface area contributed by atoms with Crippen LogP contribution in [0.15, 0.2) is 6.07 Å². The fourth-order valence-electron chi connectivity index (χ4n) is 2.24. The van der Waals surface area contributed by atoms with Gasteiger partial charge in [-0.3, -0.25) is 0 Å². The van der Waals surface area contributed by atoms with Crippen molar-refractivity contribution in [1.29, 1.82) is 0 Å². The fraction of sp³-hybridized carbons (Fsp3) is 0.714. The molecule has 6 heteroatoms. The van der Waals surface area contributed by atoms with Crippen molar-refractivity contribution in [2.24, 2.45) is 5.92 Å². The predicted molar refractivity (Wildman–Crippen MR) is 78.7 cm³/mol. The van der Waals surface area contributed by atoms with Gasteiger partial charge in [0.15, 0.2) is 5.82 Å². The maximum absolute atomic E-state index is 9.29. The molecule has 3 N–H and O–H groups in total. The molecule has 0 radical (unpaired) electrons. The van der Waals surface area contributed by atoms with Crippen molar-refractivity contribution in [3.8, 4) is 0 Å². The summed E-state index contributed by atoms with van der Waals surface area (Å²) in [5.74, 6) is 2.85. The van der Waals surface area contributed by atoms with Crippen LogP contribution in [0.5, 0.6) is 0 Å². The Bertz CT molecular complexity index is 422. The highest BCUT2D eigenvalue weighted by molar-refractivity contribution is 5.47. The van der Waals surface area contributed by atoms with E-state index < -0.39 is 0 Å². The Balaban J connectivity index is 1.95. The number of methoxy groups -OCH3 is 1. The molecule has 1 fully saturated rings. The molecule has 1 aromatic rings. The third kappa shape index (κ3) is 4.31. The third-order valence-electron chi connectivity index (χ3n) is 3.38. The molecule has 0 bridgehead atoms. The zero-order valence-electron chi connectivity index (χ0n) is 12.2. The maximum atomic E-state index is 9.29. The zero-order valence-corrected chi connectivity index (χ0v) is 12.2. The molecule has 1 saturated carbocycles. The van der Waals surface area contributed by atoms with Crippen LogP contribution in [0.3, 0.4) is 0 Å². The van der Waals surface area contributed by atoms with Crippen molar-refractivity contribution in [3.63, 3.8) is 0 Å². The molecular formula is C14H24N4O2. The van der Waals surface area contributed by atoms with Gasteiger partial charge in [0.2, 0.25) is 0 Å². The largest absolute Gasteiger partial charge is 0.393 e. The second-order valence-corrected chi connectivity index (χ2v) is 5.29. The second-order valence-electron chi connectivity index (χ2n) is 5.29. The van der Waals surface area contributed by atoms with Crippen molar-refractivity contribution in [3.05, 3.63) is 11.9 Å². The lowest BCUT2D eigenvalue weighted by atomic mass is 9.82. The molecule has 0 saturated heterocycles. The van der Waals surface area contributed by atoms with Gasteiger partial charge >= 0.3 is 0 Å². The van der Waals surface area contributed by atoms with E-state index in [4.69, 9.17) is 4.74 Å². The maximum Gasteiger partial charge on any atom is 0.158 e. The number of aromatic nitrogens is 2. The van der Waals surface area contributed by atoms with Gasteiger partial charge in [-0.2, -0.15) is 0 Å². The SMILES string of the molecule is CCCNc1cc(NCC2CC(O)C2)nc(COC)n1. The van der Waals surface area contributed by atoms with Gasteiger partial charge in [-0.05, 0) is 25.2 Å². The summed E-state index contributed by atoms with van der Waals surface area (Å²) in [6.07, 6.45) is 2.69. The molecule has 20 heavy (non-hydrogen) atoms. The molecule has 0 aromatic carbocycles. The lowest BCUT2D eigenvalue weighted by molar-refractivity contribution is 0.0486. The molecule has 0 amide bonds. The third-order valence-corrected chi connectivity index (χ3v) is 3.38. The molecular weight excluding hydrogens is 256 g/mol. The molecule has 0 atom stereocenters. The number of nitrogens with one attached hydrogen (secondary N) is 2. The van der Waals surface area contributed by atoms with Gasteiger partial charge in [-0.15, -0.1) is 0 Å². The Morgan fingerprint density at radius 3 is 2.60 bits per heavy atom. The zero-order chi connectivity index (χ0) is 14.4. The summed E-state index contributed by atoms with van der Waals surface area (Å²) in [5.41, 5.74) is 0. The van der Waals surface area contributed by atoms with Crippen molar-refractivity contribution in [2.75, 3.05) is 30.8 Å². The summed E-state index contributed by atoms with van der Waals surface area (Å²) in [6.45, 7) is 4.25. The van der Waals surface area contributed by atoms with E-state index in [9.17, 15) is 5.11 Å². The van der Waals surface area contributed by atoms with E-state index in [1.54, 1.807) is 7.11 Å². The summed E-state index contributed by atoms with van der Waals surface area (Å²) in [6, 6.07) is 1.92. The quantitative estimate of drug-likeness (QED) is 0.671. The van der Waals surface area contributed by atoms with E-state index in [1.165, 1.54) is 0 Å². The van der Waals surface area contributed by atoms with E-state index >= 15 is 0 Å². The van der Waals surface area contributed by atoms with Crippen molar-refractivity contribution < 1.29 is 9.84 Å². The number of hydrogen-bond donors (Lipinski definition) is 3. The molecule has 0 spiro atoms. The summed E-state index contributed by atoms with van der Waals surface area (Å²) in [7, 11) is 1.64. The van der Waals surface area contributed by atoms with Crippen LogP contribution in [0, 0.1) is 5.92 Å². The summed E-state index contributed by atoms with van der Waals surface area (Å²) >= 11 is 0. The topological polar surface area (TPSA) is 79.3 Å². The lowest BCUT2D eigenvalue weighted by Crippen LogP contribution is -2.33. The number of nitrogens with zero attached hydrogens (tertiary/aromatic N) is 2. The lowest BCUT2D eigenvalue weighted by Gasteiger charge is -2.31. The number of hydrogen-bond acceptors (Lipinski definition) is 6. The first-order valence-corrected chi connectivity index (χ1v) is 7.24. The van der Waals surface area contributed by atoms with Crippen LogP contribution in [0.4, 0.5) is 11.6 Å². The van der Waals surface area contributed by atoms with Gasteiger partial charge in [-0.1, -0.05) is 6.92 Å². The number of rotatable bonds is 8. The first-order valence-electron chi connectivity index (χ1n) is 7.24. The summed E-state index contributed by atoms with van der Waals surface area (Å²) in [4.78, 5) is 8.84. The second kappa shape index (κ2) is 7.40. The standard InChI is InChI=1S/C14H24N4O2/c1-3-4-15-12-7-13(18-14(17-12)9-20-2)16-8-10-5-11(19)6-10/h7,10-11,19H,3-6,8-9H2,1-2H3,(H2,15,16,17,18). The summed E-state index contributed by atoms with van der Waals surface area (Å²) < 4.78 is 5.10. The van der Waals surface area contributed by atoms with E-state index in [0.29, 0.717) is 18.3 Å². The molecule has 0 aliphatic heterocycles. The minimum absolute atomic E-state index is 0.113. The average Bonchev–Trinajstić information content (AvgIpc) is 2.40. The van der Waals surface area contributed by atoms with Crippen LogP contribution in [-0.4, -0.2) is 41.4 Å². The van der Waals surface area contributed by atoms with Crippen molar-refractivity contribution in [2.45, 2.75) is 38.9 Å². The Morgan fingerprint density at radius 2 is 2.00 bits per heavy atom. The van der Waals surface area contributed by atoms with Crippen LogP contribution >= 0.6 is 0 Å². The molecule has 0 unspecified atom stereocenters. The molecule has 2 rings (SSSR count). The molecule has 1 aliphatic rings. The number of aliphatic hydroxyl groups is 1. The number of aliphatic hydroxyl groups excluding tert-OH is 1. The Kier molecular flexibility index (Phi) is 5.55. The van der Waals surface area contributed by atoms with Gasteiger partial charge in [-0.25, -0.2) is 9.97 Å². The highest BCUT2D eigenvalue weighted by atomic mass is 16.5. The van der Waals surface area contributed by atoms with Crippen molar-refractivity contribution >= 4 is 11.6 Å². The van der Waals surface area contributed by atoms with Crippen LogP contribution in [0.1, 0.15) is 32.0 Å². The Labute approximate surface area is 120 Å². The highest BCUT2D eigenvalue weighted by Gasteiger charge is 2.26. The molecule has 6 nitrogen and oxygen atoms in total. The van der Waals surface area contributed by atoms with E-state index in [2.05, 4.69) is 27.5 Å². The monoisotopic (exact) mass is 280 g/mol. The van der Waals surface area contributed by atoms with Gasteiger partial charge in [0.05, 0.1) is 6.10 Å². The Morgan fingerprint density at radius 1 is 1.30 bits per heavy atom. The van der Waals surface area contributed by atoms with E-state index in [-0.39, 0.29) is 6.10 Å². The number of anilines is 2. The fourth-order valence-corrected chi connectivity index (χ4v) is 2.24. The van der Waals surface area contributed by atoms with Crippen LogP contribution < -0.4 is 10.6 Å². The minimum Gasteiger partial charge on any atom is -0.393 e. The first-order chi connectivity index (χ1) is 9.71. The van der Waals surface area contributed by atoms with Gasteiger partial charge in [0.1, 0.15) is 18.2 Å². The normalized spacial score (nSPS) is 21.4. The molecule has 1 aliphatic carbocycles. The van der Waals surface area contributed by atoms with Crippen LogP contribution in [0.25, 0.3) is 0 Å². The van der Waals surface area contributed by atoms with Gasteiger partial charge in [0, 0.05) is 26.3 Å². The number of ether oxygens (including phenoxy) is 1. The predicted octanol–water partition coefficient (Wildman–Crippen LogP) is 1.63. The Hall–Kier alpha value is -1.40. The van der Waals surface area contributed by atoms with Crippen LogP contribution in [0.2, 0.25) is 0 Å². The van der Waals surface area contributed by atoms with Crippen molar-refractivity contribution in [1.82, 2.24) is 9.97 Å². The molecule has 1 aromatic heterocycles. The molecule has 1 heterocycles. The van der Waals surface area contributed by atoms with E-state index in [1.807, 2.05) is 6.07 Å². The van der Waals surface area contributed by atoms with Gasteiger partial charge < -0.3 is 20.5 Å². The smallest absolute Gasteiger partial charge is 0.158 e. The summed E-state index contributed by atoms with van der Waals surface area (Å²) in [5, 5.41) is 15.9. The first kappa shape index (κ1) is 15.0. The molecule has 112 valence electrons. The van der Waals surface area contributed by atoms with Crippen LogP contribution in [-0.2, 0) is 11.3 Å². The highest BCUT2D eigenvalue weighted by Crippen LogP contribution is 2.27. The minimum atomic E-state index is -0.113. The van der Waals surface area contributed by atoms with E-state index in [0.717, 1.165) is 44.0 Å². The average molecular weight is 280 g/mol.